The van der Waals surface area contributed by atoms with Crippen molar-refractivity contribution < 1.29 is 13.5 Å². The molecule has 0 saturated carbocycles. The van der Waals surface area contributed by atoms with Crippen LogP contribution in [0.15, 0.2) is 29.2 Å². The fourth-order valence-corrected chi connectivity index (χ4v) is 2.68. The van der Waals surface area contributed by atoms with Crippen molar-refractivity contribution in [3.05, 3.63) is 29.8 Å². The van der Waals surface area contributed by atoms with Crippen LogP contribution >= 0.6 is 0 Å². The van der Waals surface area contributed by atoms with Gasteiger partial charge in [0, 0.05) is 12.1 Å². The van der Waals surface area contributed by atoms with Crippen LogP contribution in [0.25, 0.3) is 0 Å². The summed E-state index contributed by atoms with van der Waals surface area (Å²) in [6.45, 7) is 0.0549. The van der Waals surface area contributed by atoms with E-state index in [1.807, 2.05) is 0 Å². The minimum atomic E-state index is -3.38. The topological polar surface area (TPSA) is 66.4 Å². The number of rotatable bonds is 0. The molecule has 0 fully saturated rings. The van der Waals surface area contributed by atoms with Gasteiger partial charge in [-0.15, -0.1) is 0 Å². The van der Waals surface area contributed by atoms with E-state index in [4.69, 9.17) is 0 Å². The van der Waals surface area contributed by atoms with Crippen molar-refractivity contribution in [2.24, 2.45) is 0 Å². The second kappa shape index (κ2) is 2.80. The molecular weight excluding hydrogens is 190 g/mol. The van der Waals surface area contributed by atoms with Crippen LogP contribution in [0.1, 0.15) is 11.7 Å². The maximum Gasteiger partial charge on any atom is 0.241 e. The summed E-state index contributed by atoms with van der Waals surface area (Å²) < 4.78 is 25.1. The van der Waals surface area contributed by atoms with Gasteiger partial charge in [-0.1, -0.05) is 18.2 Å². The lowest BCUT2D eigenvalue weighted by atomic mass is 10.1. The summed E-state index contributed by atoms with van der Waals surface area (Å²) in [4.78, 5) is 0.175. The second-order valence-corrected chi connectivity index (χ2v) is 4.64. The lowest BCUT2D eigenvalue weighted by Crippen LogP contribution is -2.34. The number of fused-ring (bicyclic) bond motifs is 1. The molecule has 5 heteroatoms. The van der Waals surface area contributed by atoms with Crippen LogP contribution in [-0.2, 0) is 10.0 Å². The van der Waals surface area contributed by atoms with E-state index in [-0.39, 0.29) is 11.4 Å². The van der Waals surface area contributed by atoms with Crippen LogP contribution in [0.4, 0.5) is 0 Å². The van der Waals surface area contributed by atoms with Gasteiger partial charge in [-0.3, -0.25) is 0 Å². The number of aliphatic hydroxyl groups excluding tert-OH is 1. The molecule has 0 saturated heterocycles. The monoisotopic (exact) mass is 199 g/mol. The number of sulfonamides is 1. The van der Waals surface area contributed by atoms with Crippen LogP contribution in [0, 0.1) is 0 Å². The Labute approximate surface area is 76.3 Å². The van der Waals surface area contributed by atoms with E-state index >= 15 is 0 Å². The van der Waals surface area contributed by atoms with Crippen LogP contribution in [0.3, 0.4) is 0 Å². The van der Waals surface area contributed by atoms with Gasteiger partial charge in [-0.05, 0) is 6.07 Å². The zero-order valence-electron chi connectivity index (χ0n) is 6.77. The maximum atomic E-state index is 11.4. The van der Waals surface area contributed by atoms with Gasteiger partial charge in [-0.25, -0.2) is 13.1 Å². The third-order valence-electron chi connectivity index (χ3n) is 2.03. The number of hydrogen-bond acceptors (Lipinski definition) is 3. The molecule has 1 aliphatic rings. The van der Waals surface area contributed by atoms with Gasteiger partial charge in [0.2, 0.25) is 10.0 Å². The van der Waals surface area contributed by atoms with E-state index < -0.39 is 16.1 Å². The summed E-state index contributed by atoms with van der Waals surface area (Å²) >= 11 is 0. The normalized spacial score (nSPS) is 25.2. The van der Waals surface area contributed by atoms with Gasteiger partial charge in [0.1, 0.15) is 0 Å². The lowest BCUT2D eigenvalue weighted by molar-refractivity contribution is 0.175. The molecule has 1 aliphatic heterocycles. The number of nitrogens with one attached hydrogen (secondary N) is 1. The first-order valence-electron chi connectivity index (χ1n) is 3.88. The fraction of sp³-hybridized carbons (Fsp3) is 0.250. The third-order valence-corrected chi connectivity index (χ3v) is 3.53. The molecule has 0 aromatic heterocycles. The summed E-state index contributed by atoms with van der Waals surface area (Å²) in [6.07, 6.45) is -0.736. The molecule has 13 heavy (non-hydrogen) atoms. The highest BCUT2D eigenvalue weighted by Gasteiger charge is 2.27. The predicted octanol–water partition coefficient (Wildman–Crippen LogP) is 0.0119. The number of β-amino-alcohol motifs (C(OH)–C–C–N with tert-alkyl or cyclic N) is 1. The summed E-state index contributed by atoms with van der Waals surface area (Å²) in [5.74, 6) is 0. The standard InChI is InChI=1S/C8H9NO3S/c10-7-5-9-13(11,12)8-4-2-1-3-6(7)8/h1-4,7,9-10H,5H2. The number of hydrogen-bond donors (Lipinski definition) is 2. The molecule has 2 N–H and O–H groups in total. The van der Waals surface area contributed by atoms with Gasteiger partial charge in [0.25, 0.3) is 0 Å². The largest absolute Gasteiger partial charge is 0.387 e. The fourth-order valence-electron chi connectivity index (χ4n) is 1.38. The van der Waals surface area contributed by atoms with Crippen LogP contribution < -0.4 is 4.72 Å². The summed E-state index contributed by atoms with van der Waals surface area (Å²) in [7, 11) is -3.38. The molecule has 0 radical (unpaired) electrons. The van der Waals surface area contributed by atoms with E-state index in [1.165, 1.54) is 6.07 Å². The molecular formula is C8H9NO3S. The Morgan fingerprint density at radius 3 is 2.77 bits per heavy atom. The van der Waals surface area contributed by atoms with E-state index in [2.05, 4.69) is 4.72 Å². The van der Waals surface area contributed by atoms with Gasteiger partial charge in [-0.2, -0.15) is 0 Å². The van der Waals surface area contributed by atoms with Crippen LogP contribution in [-0.4, -0.2) is 20.1 Å². The Hall–Kier alpha value is -0.910. The maximum absolute atomic E-state index is 11.4. The van der Waals surface area contributed by atoms with E-state index in [0.29, 0.717) is 5.56 Å². The molecule has 1 unspecified atom stereocenters. The average molecular weight is 199 g/mol. The smallest absolute Gasteiger partial charge is 0.241 e. The van der Waals surface area contributed by atoms with Crippen molar-refractivity contribution in [3.63, 3.8) is 0 Å². The number of aliphatic hydroxyl groups is 1. The molecule has 0 amide bonds. The van der Waals surface area contributed by atoms with Crippen molar-refractivity contribution in [1.82, 2.24) is 4.72 Å². The highest BCUT2D eigenvalue weighted by atomic mass is 32.2. The van der Waals surface area contributed by atoms with Gasteiger partial charge in [0.05, 0.1) is 11.0 Å². The molecule has 1 aromatic rings. The Morgan fingerprint density at radius 2 is 2.08 bits per heavy atom. The molecule has 0 aliphatic carbocycles. The van der Waals surface area contributed by atoms with Crippen molar-refractivity contribution in [1.29, 1.82) is 0 Å². The molecule has 2 rings (SSSR count). The number of benzene rings is 1. The molecule has 1 aromatic carbocycles. The van der Waals surface area contributed by atoms with Gasteiger partial charge < -0.3 is 5.11 Å². The van der Waals surface area contributed by atoms with E-state index in [0.717, 1.165) is 0 Å². The molecule has 0 spiro atoms. The van der Waals surface area contributed by atoms with Gasteiger partial charge in [0.15, 0.2) is 0 Å². The first-order valence-corrected chi connectivity index (χ1v) is 5.36. The van der Waals surface area contributed by atoms with Crippen molar-refractivity contribution in [2.45, 2.75) is 11.0 Å². The van der Waals surface area contributed by atoms with Gasteiger partial charge >= 0.3 is 0 Å². The third kappa shape index (κ3) is 1.35. The quantitative estimate of drug-likeness (QED) is 0.618. The minimum absolute atomic E-state index is 0.0549. The summed E-state index contributed by atoms with van der Waals surface area (Å²) in [6, 6.07) is 6.46. The first-order chi connectivity index (χ1) is 6.11. The minimum Gasteiger partial charge on any atom is -0.387 e. The molecule has 0 bridgehead atoms. The molecule has 70 valence electrons. The highest BCUT2D eigenvalue weighted by molar-refractivity contribution is 7.89. The van der Waals surface area contributed by atoms with Crippen molar-refractivity contribution in [3.8, 4) is 0 Å². The zero-order chi connectivity index (χ0) is 9.47. The summed E-state index contributed by atoms with van der Waals surface area (Å²) in [5.41, 5.74) is 0.473. The Balaban J connectivity index is 2.68. The van der Waals surface area contributed by atoms with Crippen molar-refractivity contribution in [2.75, 3.05) is 6.54 Å². The summed E-state index contributed by atoms with van der Waals surface area (Å²) in [5, 5.41) is 9.47. The Morgan fingerprint density at radius 1 is 1.38 bits per heavy atom. The van der Waals surface area contributed by atoms with Crippen molar-refractivity contribution >= 4 is 10.0 Å². The van der Waals surface area contributed by atoms with Crippen LogP contribution in [0.2, 0.25) is 0 Å². The van der Waals surface area contributed by atoms with Crippen LogP contribution in [0.5, 0.6) is 0 Å². The Bertz CT molecular complexity index is 427. The predicted molar refractivity (Wildman–Crippen MR) is 46.6 cm³/mol. The van der Waals surface area contributed by atoms with E-state index in [9.17, 15) is 13.5 Å². The average Bonchev–Trinajstić information content (AvgIpc) is 2.13. The molecule has 1 heterocycles. The molecule has 4 nitrogen and oxygen atoms in total. The first kappa shape index (κ1) is 8.68. The second-order valence-electron chi connectivity index (χ2n) is 2.91. The zero-order valence-corrected chi connectivity index (χ0v) is 7.58. The highest BCUT2D eigenvalue weighted by Crippen LogP contribution is 2.25. The Kier molecular flexibility index (Phi) is 1.87. The molecule has 1 atom stereocenters. The lowest BCUT2D eigenvalue weighted by Gasteiger charge is -2.21. The SMILES string of the molecule is O=S1(=O)NCC(O)c2ccccc21. The van der Waals surface area contributed by atoms with E-state index in [1.54, 1.807) is 18.2 Å².